The summed E-state index contributed by atoms with van der Waals surface area (Å²) in [4.78, 5) is 25.3. The van der Waals surface area contributed by atoms with Gasteiger partial charge in [-0.25, -0.2) is 0 Å². The Morgan fingerprint density at radius 2 is 2.26 bits per heavy atom. The molecular formula is C15H23NO3. The number of hydrogen-bond acceptors (Lipinski definition) is 4. The van der Waals surface area contributed by atoms with Crippen LogP contribution in [0.5, 0.6) is 0 Å². The number of carbonyl (C=O) groups is 2. The van der Waals surface area contributed by atoms with E-state index in [0.29, 0.717) is 12.8 Å². The zero-order valence-corrected chi connectivity index (χ0v) is 11.9. The summed E-state index contributed by atoms with van der Waals surface area (Å²) in [6.45, 7) is 3.26. The third-order valence-electron chi connectivity index (χ3n) is 4.27. The van der Waals surface area contributed by atoms with Crippen LogP contribution < -0.4 is 0 Å². The maximum atomic E-state index is 11.8. The quantitative estimate of drug-likeness (QED) is 0.566. The third-order valence-corrected chi connectivity index (χ3v) is 4.27. The van der Waals surface area contributed by atoms with Gasteiger partial charge in [-0.05, 0) is 39.0 Å². The molecule has 2 aliphatic heterocycles. The molecular weight excluding hydrogens is 242 g/mol. The van der Waals surface area contributed by atoms with Gasteiger partial charge in [0.15, 0.2) is 5.78 Å². The van der Waals surface area contributed by atoms with Gasteiger partial charge in [-0.2, -0.15) is 0 Å². The van der Waals surface area contributed by atoms with Crippen molar-refractivity contribution in [2.75, 3.05) is 13.7 Å². The minimum absolute atomic E-state index is 0.0452. The zero-order valence-electron chi connectivity index (χ0n) is 11.9. The van der Waals surface area contributed by atoms with Crippen molar-refractivity contribution in [2.24, 2.45) is 0 Å². The number of esters is 1. The molecule has 1 fully saturated rings. The van der Waals surface area contributed by atoms with E-state index in [1.807, 2.05) is 6.08 Å². The Kier molecular flexibility index (Phi) is 4.27. The molecule has 0 N–H and O–H groups in total. The molecule has 0 aromatic carbocycles. The Morgan fingerprint density at radius 1 is 1.47 bits per heavy atom. The Bertz CT molecular complexity index is 402. The summed E-state index contributed by atoms with van der Waals surface area (Å²) in [5.41, 5.74) is 1.21. The van der Waals surface area contributed by atoms with Crippen LogP contribution in [0.3, 0.4) is 0 Å². The van der Waals surface area contributed by atoms with Crippen LogP contribution in [0.1, 0.15) is 51.9 Å². The maximum absolute atomic E-state index is 11.8. The molecule has 0 aromatic heterocycles. The van der Waals surface area contributed by atoms with E-state index in [0.717, 1.165) is 32.2 Å². The lowest BCUT2D eigenvalue weighted by atomic mass is 9.87. The molecule has 0 radical (unpaired) electrons. The van der Waals surface area contributed by atoms with Gasteiger partial charge in [0, 0.05) is 36.7 Å². The smallest absolute Gasteiger partial charge is 0.305 e. The number of carbonyl (C=O) groups excluding carboxylic acids is 2. The number of allylic oxidation sites excluding steroid dienone is 2. The summed E-state index contributed by atoms with van der Waals surface area (Å²) in [7, 11) is 1.42. The lowest BCUT2D eigenvalue weighted by molar-refractivity contribution is -0.140. The lowest BCUT2D eigenvalue weighted by Crippen LogP contribution is -2.45. The number of nitrogens with zero attached hydrogens (tertiary/aromatic N) is 1. The van der Waals surface area contributed by atoms with E-state index < -0.39 is 0 Å². The monoisotopic (exact) mass is 265 g/mol. The molecule has 0 spiro atoms. The normalized spacial score (nSPS) is 26.1. The molecule has 0 aromatic rings. The second kappa shape index (κ2) is 5.76. The van der Waals surface area contributed by atoms with Crippen LogP contribution in [0, 0.1) is 0 Å². The SMILES string of the molecule is COC(=O)CCCCC1=CC(=O)C[C@@]2(C)CCCN12. The van der Waals surface area contributed by atoms with Gasteiger partial charge in [-0.3, -0.25) is 9.59 Å². The molecule has 0 bridgehead atoms. The zero-order chi connectivity index (χ0) is 13.9. The molecule has 2 heterocycles. The molecule has 4 heteroatoms. The van der Waals surface area contributed by atoms with Crippen molar-refractivity contribution in [1.29, 1.82) is 0 Å². The van der Waals surface area contributed by atoms with Crippen molar-refractivity contribution < 1.29 is 14.3 Å². The van der Waals surface area contributed by atoms with Crippen LogP contribution in [0.4, 0.5) is 0 Å². The van der Waals surface area contributed by atoms with Crippen molar-refractivity contribution in [3.05, 3.63) is 11.8 Å². The van der Waals surface area contributed by atoms with E-state index in [4.69, 9.17) is 0 Å². The molecule has 4 nitrogen and oxygen atoms in total. The highest BCUT2D eigenvalue weighted by Crippen LogP contribution is 2.39. The summed E-state index contributed by atoms with van der Waals surface area (Å²) < 4.78 is 4.63. The van der Waals surface area contributed by atoms with Gasteiger partial charge in [0.1, 0.15) is 0 Å². The highest BCUT2D eigenvalue weighted by molar-refractivity contribution is 5.92. The van der Waals surface area contributed by atoms with Gasteiger partial charge in [0.2, 0.25) is 0 Å². The molecule has 0 unspecified atom stereocenters. The van der Waals surface area contributed by atoms with Gasteiger partial charge in [-0.15, -0.1) is 0 Å². The van der Waals surface area contributed by atoms with Gasteiger partial charge in [-0.1, -0.05) is 0 Å². The average molecular weight is 265 g/mol. The molecule has 0 saturated carbocycles. The second-order valence-electron chi connectivity index (χ2n) is 5.81. The van der Waals surface area contributed by atoms with Crippen molar-refractivity contribution >= 4 is 11.8 Å². The number of fused-ring (bicyclic) bond motifs is 1. The largest absolute Gasteiger partial charge is 0.469 e. The van der Waals surface area contributed by atoms with Crippen molar-refractivity contribution in [3.8, 4) is 0 Å². The Hall–Kier alpha value is -1.32. The highest BCUT2D eigenvalue weighted by Gasteiger charge is 2.41. The summed E-state index contributed by atoms with van der Waals surface area (Å²) in [5.74, 6) is 0.100. The highest BCUT2D eigenvalue weighted by atomic mass is 16.5. The fourth-order valence-corrected chi connectivity index (χ4v) is 3.27. The Balaban J connectivity index is 1.88. The predicted octanol–water partition coefficient (Wildman–Crippen LogP) is 2.43. The molecule has 2 rings (SSSR count). The van der Waals surface area contributed by atoms with Crippen LogP contribution in [0.25, 0.3) is 0 Å². The number of ketones is 1. The minimum Gasteiger partial charge on any atom is -0.469 e. The molecule has 106 valence electrons. The fourth-order valence-electron chi connectivity index (χ4n) is 3.27. The Morgan fingerprint density at radius 3 is 3.00 bits per heavy atom. The number of unbranched alkanes of at least 4 members (excludes halogenated alkanes) is 1. The van der Waals surface area contributed by atoms with E-state index in [1.165, 1.54) is 19.2 Å². The van der Waals surface area contributed by atoms with E-state index in [-0.39, 0.29) is 17.3 Å². The van der Waals surface area contributed by atoms with Crippen molar-refractivity contribution in [2.45, 2.75) is 57.4 Å². The average Bonchev–Trinajstić information content (AvgIpc) is 2.75. The van der Waals surface area contributed by atoms with Crippen LogP contribution in [0.2, 0.25) is 0 Å². The molecule has 0 aliphatic carbocycles. The number of hydrogen-bond donors (Lipinski definition) is 0. The van der Waals surface area contributed by atoms with Gasteiger partial charge in [0.25, 0.3) is 0 Å². The number of methoxy groups -OCH3 is 1. The molecule has 1 saturated heterocycles. The summed E-state index contributed by atoms with van der Waals surface area (Å²) in [5, 5.41) is 0. The maximum Gasteiger partial charge on any atom is 0.305 e. The molecule has 2 aliphatic rings. The predicted molar refractivity (Wildman–Crippen MR) is 72.5 cm³/mol. The van der Waals surface area contributed by atoms with E-state index in [9.17, 15) is 9.59 Å². The summed E-state index contributed by atoms with van der Waals surface area (Å²) >= 11 is 0. The molecule has 19 heavy (non-hydrogen) atoms. The third kappa shape index (κ3) is 3.17. The van der Waals surface area contributed by atoms with Crippen molar-refractivity contribution in [1.82, 2.24) is 4.90 Å². The standard InChI is InChI=1S/C15H23NO3/c1-15-8-5-9-16(15)12(10-13(17)11-15)6-3-4-7-14(18)19-2/h10H,3-9,11H2,1-2H3/t15-/m1/s1. The first kappa shape index (κ1) is 14.1. The first-order chi connectivity index (χ1) is 9.05. The lowest BCUT2D eigenvalue weighted by Gasteiger charge is -2.41. The first-order valence-corrected chi connectivity index (χ1v) is 7.13. The summed E-state index contributed by atoms with van der Waals surface area (Å²) in [6, 6.07) is 0. The van der Waals surface area contributed by atoms with Crippen LogP contribution in [0.15, 0.2) is 11.8 Å². The van der Waals surface area contributed by atoms with E-state index in [2.05, 4.69) is 16.6 Å². The van der Waals surface area contributed by atoms with Crippen LogP contribution in [-0.4, -0.2) is 35.8 Å². The van der Waals surface area contributed by atoms with Crippen molar-refractivity contribution in [3.63, 3.8) is 0 Å². The minimum atomic E-state index is -0.153. The van der Waals surface area contributed by atoms with Gasteiger partial charge in [0.05, 0.1) is 7.11 Å². The van der Waals surface area contributed by atoms with Gasteiger partial charge >= 0.3 is 5.97 Å². The van der Waals surface area contributed by atoms with Crippen LogP contribution in [-0.2, 0) is 14.3 Å². The fraction of sp³-hybridized carbons (Fsp3) is 0.733. The van der Waals surface area contributed by atoms with Gasteiger partial charge < -0.3 is 9.64 Å². The molecule has 0 amide bonds. The summed E-state index contributed by atoms with van der Waals surface area (Å²) in [6.07, 6.45) is 7.85. The van der Waals surface area contributed by atoms with Crippen LogP contribution >= 0.6 is 0 Å². The topological polar surface area (TPSA) is 46.6 Å². The molecule has 1 atom stereocenters. The first-order valence-electron chi connectivity index (χ1n) is 7.13. The second-order valence-corrected chi connectivity index (χ2v) is 5.81. The van der Waals surface area contributed by atoms with E-state index >= 15 is 0 Å². The van der Waals surface area contributed by atoms with E-state index in [1.54, 1.807) is 0 Å². The Labute approximate surface area is 114 Å². The number of rotatable bonds is 5. The number of ether oxygens (including phenoxy) is 1.